The zero-order chi connectivity index (χ0) is 23.3. The third-order valence-corrected chi connectivity index (χ3v) is 8.34. The fraction of sp³-hybridized carbons (Fsp3) is 0.609. The van der Waals surface area contributed by atoms with Crippen molar-refractivity contribution in [3.05, 3.63) is 17.7 Å². The van der Waals surface area contributed by atoms with Crippen LogP contribution in [0.4, 0.5) is 5.69 Å². The molecule has 10 heteroatoms. The second-order valence-corrected chi connectivity index (χ2v) is 9.48. The number of benzene rings is 1. The topological polar surface area (TPSA) is 115 Å². The lowest BCUT2D eigenvalue weighted by Gasteiger charge is -2.52. The predicted octanol–water partition coefficient (Wildman–Crippen LogP) is 0.188. The molecule has 1 aromatic rings. The molecule has 10 nitrogen and oxygen atoms in total. The zero-order valence-electron chi connectivity index (χ0n) is 18.6. The molecule has 6 rings (SSSR count). The maximum absolute atomic E-state index is 14.4. The van der Waals surface area contributed by atoms with E-state index in [4.69, 9.17) is 18.9 Å². The largest absolute Gasteiger partial charge is 0.493 e. The number of methoxy groups -OCH3 is 2. The Balaban J connectivity index is 1.69. The van der Waals surface area contributed by atoms with Crippen molar-refractivity contribution in [1.29, 1.82) is 0 Å². The number of rotatable bonds is 3. The van der Waals surface area contributed by atoms with Crippen LogP contribution in [-0.2, 0) is 29.3 Å². The van der Waals surface area contributed by atoms with E-state index in [0.717, 1.165) is 6.41 Å². The summed E-state index contributed by atoms with van der Waals surface area (Å²) < 4.78 is 22.9. The molecule has 3 fully saturated rings. The van der Waals surface area contributed by atoms with E-state index >= 15 is 0 Å². The van der Waals surface area contributed by atoms with Crippen molar-refractivity contribution in [3.63, 3.8) is 0 Å². The van der Waals surface area contributed by atoms with Gasteiger partial charge in [-0.15, -0.1) is 0 Å². The fourth-order valence-electron chi connectivity index (χ4n) is 6.98. The molecule has 1 N–H and O–H groups in total. The maximum atomic E-state index is 14.4. The Kier molecular flexibility index (Phi) is 4.23. The second-order valence-electron chi connectivity index (χ2n) is 9.48. The molecule has 5 aliphatic rings. The normalized spacial score (nSPS) is 40.5. The van der Waals surface area contributed by atoms with Crippen LogP contribution in [0.1, 0.15) is 25.3 Å². The van der Waals surface area contributed by atoms with Crippen molar-refractivity contribution in [2.75, 3.05) is 32.2 Å². The van der Waals surface area contributed by atoms with Crippen molar-refractivity contribution in [1.82, 2.24) is 4.90 Å². The van der Waals surface area contributed by atoms with Gasteiger partial charge in [0.05, 0.1) is 24.8 Å². The number of carbonyl (C=O) groups excluding carboxylic acids is 3. The number of Topliss-reactive ketones (excluding diaryl/α,β-unsaturated/α-hetero) is 1. The monoisotopic (exact) mass is 458 g/mol. The van der Waals surface area contributed by atoms with E-state index in [9.17, 15) is 19.5 Å². The number of fused-ring (bicyclic) bond motifs is 2. The molecule has 1 aromatic carbocycles. The third-order valence-electron chi connectivity index (χ3n) is 8.34. The van der Waals surface area contributed by atoms with Gasteiger partial charge in [0.2, 0.25) is 6.41 Å². The van der Waals surface area contributed by atoms with Gasteiger partial charge in [-0.3, -0.25) is 19.3 Å². The van der Waals surface area contributed by atoms with Gasteiger partial charge in [0.15, 0.2) is 23.0 Å². The molecule has 0 radical (unpaired) electrons. The number of amides is 2. The molecule has 0 aromatic heterocycles. The number of aliphatic hydroxyl groups is 1. The molecule has 1 saturated carbocycles. The molecular weight excluding hydrogens is 432 g/mol. The van der Waals surface area contributed by atoms with E-state index in [1.54, 1.807) is 17.0 Å². The van der Waals surface area contributed by atoms with E-state index in [1.807, 2.05) is 6.92 Å². The summed E-state index contributed by atoms with van der Waals surface area (Å²) >= 11 is 0. The van der Waals surface area contributed by atoms with Crippen molar-refractivity contribution in [2.45, 2.75) is 49.4 Å². The first-order valence-electron chi connectivity index (χ1n) is 11.2. The summed E-state index contributed by atoms with van der Waals surface area (Å²) in [7, 11) is 2.82. The Hall–Kier alpha value is -2.69. The van der Waals surface area contributed by atoms with E-state index in [0.29, 0.717) is 30.0 Å². The van der Waals surface area contributed by atoms with Crippen LogP contribution in [0.5, 0.6) is 11.5 Å². The van der Waals surface area contributed by atoms with Gasteiger partial charge in [-0.25, -0.2) is 0 Å². The predicted molar refractivity (Wildman–Crippen MR) is 112 cm³/mol. The number of anilines is 1. The van der Waals surface area contributed by atoms with Gasteiger partial charge in [0.1, 0.15) is 11.5 Å². The molecule has 2 saturated heterocycles. The van der Waals surface area contributed by atoms with E-state index in [1.165, 1.54) is 19.1 Å². The number of hydrogen-bond acceptors (Lipinski definition) is 8. The average molecular weight is 458 g/mol. The molecular formula is C23H26N2O8. The lowest BCUT2D eigenvalue weighted by atomic mass is 9.55. The second kappa shape index (κ2) is 6.68. The van der Waals surface area contributed by atoms with E-state index in [-0.39, 0.29) is 30.4 Å². The van der Waals surface area contributed by atoms with Gasteiger partial charge in [-0.1, -0.05) is 6.07 Å². The van der Waals surface area contributed by atoms with Crippen LogP contribution in [0, 0.1) is 11.8 Å². The first-order valence-corrected chi connectivity index (χ1v) is 11.2. The molecule has 4 bridgehead atoms. The van der Waals surface area contributed by atoms with Gasteiger partial charge in [0, 0.05) is 26.1 Å². The maximum Gasteiger partial charge on any atom is 0.299 e. The standard InChI is InChI=1S/C23H26N2O8/c1-11-15-12-6-8-24(10-26)9-7-22(18(15)27)13-4-5-14(30-2)17-16(13)25(20(28)21(31-3)33-17)23(22,29)19(12)32-11/h4-5,10-12,15,19,21,29H,6-9H2,1-3H3. The third kappa shape index (κ3) is 2.17. The van der Waals surface area contributed by atoms with Gasteiger partial charge in [-0.2, -0.15) is 0 Å². The molecule has 7 unspecified atom stereocenters. The van der Waals surface area contributed by atoms with Crippen molar-refractivity contribution in [3.8, 4) is 11.5 Å². The molecule has 1 spiro atoms. The first-order chi connectivity index (χ1) is 15.8. The van der Waals surface area contributed by atoms with Crippen LogP contribution in [0.25, 0.3) is 0 Å². The lowest BCUT2D eigenvalue weighted by molar-refractivity contribution is -0.181. The molecule has 7 atom stereocenters. The van der Waals surface area contributed by atoms with Crippen LogP contribution in [0.15, 0.2) is 12.1 Å². The van der Waals surface area contributed by atoms with Crippen LogP contribution >= 0.6 is 0 Å². The minimum Gasteiger partial charge on any atom is -0.493 e. The first kappa shape index (κ1) is 20.9. The summed E-state index contributed by atoms with van der Waals surface area (Å²) in [4.78, 5) is 42.6. The average Bonchev–Trinajstić information content (AvgIpc) is 3.27. The minimum atomic E-state index is -1.99. The lowest BCUT2D eigenvalue weighted by Crippen LogP contribution is -2.74. The minimum absolute atomic E-state index is 0.150. The van der Waals surface area contributed by atoms with Crippen LogP contribution in [-0.4, -0.2) is 79.6 Å². The Morgan fingerprint density at radius 3 is 2.73 bits per heavy atom. The Morgan fingerprint density at radius 2 is 2.03 bits per heavy atom. The number of hydrogen-bond donors (Lipinski definition) is 1. The molecule has 176 valence electrons. The van der Waals surface area contributed by atoms with Gasteiger partial charge in [-0.05, 0) is 31.4 Å². The van der Waals surface area contributed by atoms with E-state index in [2.05, 4.69) is 0 Å². The highest BCUT2D eigenvalue weighted by atomic mass is 16.7. The smallest absolute Gasteiger partial charge is 0.299 e. The van der Waals surface area contributed by atoms with Gasteiger partial charge >= 0.3 is 0 Å². The quantitative estimate of drug-likeness (QED) is 0.639. The molecule has 33 heavy (non-hydrogen) atoms. The van der Waals surface area contributed by atoms with Crippen molar-refractivity contribution in [2.24, 2.45) is 11.8 Å². The molecule has 4 aliphatic heterocycles. The summed E-state index contributed by atoms with van der Waals surface area (Å²) in [5.41, 5.74) is -2.67. The molecule has 2 amide bonds. The number of carbonyl (C=O) groups is 3. The van der Waals surface area contributed by atoms with Crippen LogP contribution in [0.3, 0.4) is 0 Å². The highest BCUT2D eigenvalue weighted by Gasteiger charge is 2.79. The highest BCUT2D eigenvalue weighted by molar-refractivity contribution is 6.11. The van der Waals surface area contributed by atoms with Crippen LogP contribution in [0.2, 0.25) is 0 Å². The molecule has 4 heterocycles. The van der Waals surface area contributed by atoms with Crippen molar-refractivity contribution >= 4 is 23.8 Å². The van der Waals surface area contributed by atoms with Gasteiger partial charge in [0.25, 0.3) is 12.2 Å². The Bertz CT molecular complexity index is 1080. The zero-order valence-corrected chi connectivity index (χ0v) is 18.6. The summed E-state index contributed by atoms with van der Waals surface area (Å²) in [6.45, 7) is 2.55. The SMILES string of the molecule is COc1ccc2c3c1OC(OC)C(=O)N3C1(O)C3OC(C)C4C(=O)C21CCN(C=O)CCC43. The number of ketones is 1. The van der Waals surface area contributed by atoms with E-state index < -0.39 is 41.5 Å². The summed E-state index contributed by atoms with van der Waals surface area (Å²) in [6.07, 6.45) is -1.14. The fourth-order valence-corrected chi connectivity index (χ4v) is 6.98. The Labute approximate surface area is 190 Å². The number of nitrogens with zero attached hydrogens (tertiary/aromatic N) is 2. The summed E-state index contributed by atoms with van der Waals surface area (Å²) in [6, 6.07) is 3.39. The summed E-state index contributed by atoms with van der Waals surface area (Å²) in [5.74, 6) is -0.967. The number of ether oxygens (including phenoxy) is 4. The highest BCUT2D eigenvalue weighted by Crippen LogP contribution is 2.67. The summed E-state index contributed by atoms with van der Waals surface area (Å²) in [5, 5.41) is 12.6. The van der Waals surface area contributed by atoms with Crippen LogP contribution < -0.4 is 14.4 Å². The Morgan fingerprint density at radius 1 is 1.24 bits per heavy atom. The molecule has 1 aliphatic carbocycles. The van der Waals surface area contributed by atoms with Crippen molar-refractivity contribution < 1.29 is 38.4 Å². The van der Waals surface area contributed by atoms with Gasteiger partial charge < -0.3 is 29.0 Å².